The van der Waals surface area contributed by atoms with Crippen LogP contribution < -0.4 is 10.6 Å². The Hall–Kier alpha value is -2.70. The molecule has 0 aliphatic carbocycles. The summed E-state index contributed by atoms with van der Waals surface area (Å²) in [5.74, 6) is -0.626. The van der Waals surface area contributed by atoms with Gasteiger partial charge in [0.2, 0.25) is 0 Å². The summed E-state index contributed by atoms with van der Waals surface area (Å²) >= 11 is 7.01. The van der Waals surface area contributed by atoms with Gasteiger partial charge in [-0.2, -0.15) is 0 Å². The van der Waals surface area contributed by atoms with Gasteiger partial charge in [0, 0.05) is 21.7 Å². The van der Waals surface area contributed by atoms with Crippen LogP contribution in [0.3, 0.4) is 0 Å². The SMILES string of the molecule is Cc1ccc(C)c(NC(=O)c2csc(NC(=O)c3ccc(Cl)cc3)n2)c1. The number of halogens is 1. The van der Waals surface area contributed by atoms with E-state index < -0.39 is 0 Å². The molecule has 0 atom stereocenters. The van der Waals surface area contributed by atoms with Gasteiger partial charge < -0.3 is 5.32 Å². The first-order valence-corrected chi connectivity index (χ1v) is 9.09. The van der Waals surface area contributed by atoms with E-state index in [1.807, 2.05) is 32.0 Å². The minimum Gasteiger partial charge on any atom is -0.320 e. The lowest BCUT2D eigenvalue weighted by Crippen LogP contribution is -2.15. The summed E-state index contributed by atoms with van der Waals surface area (Å²) in [5, 5.41) is 8.06. The molecule has 0 fully saturated rings. The van der Waals surface area contributed by atoms with Crippen LogP contribution in [0.1, 0.15) is 32.0 Å². The number of hydrogen-bond acceptors (Lipinski definition) is 4. The maximum atomic E-state index is 12.4. The van der Waals surface area contributed by atoms with E-state index in [2.05, 4.69) is 15.6 Å². The minimum absolute atomic E-state index is 0.252. The Balaban J connectivity index is 1.69. The molecule has 2 aromatic carbocycles. The number of carbonyl (C=O) groups excluding carboxylic acids is 2. The Morgan fingerprint density at radius 1 is 1.00 bits per heavy atom. The predicted octanol–water partition coefficient (Wildman–Crippen LogP) is 4.92. The number of aryl methyl sites for hydroxylation is 2. The molecule has 0 aliphatic rings. The molecule has 0 radical (unpaired) electrons. The first kappa shape index (κ1) is 18.1. The van der Waals surface area contributed by atoms with Crippen LogP contribution in [0.4, 0.5) is 10.8 Å². The molecule has 3 aromatic rings. The number of hydrogen-bond donors (Lipinski definition) is 2. The fourth-order valence-corrected chi connectivity index (χ4v) is 3.07. The monoisotopic (exact) mass is 385 g/mol. The Morgan fingerprint density at radius 2 is 1.73 bits per heavy atom. The molecular formula is C19H16ClN3O2S. The van der Waals surface area contributed by atoms with Crippen LogP contribution in [-0.4, -0.2) is 16.8 Å². The van der Waals surface area contributed by atoms with Crippen molar-refractivity contribution in [2.24, 2.45) is 0 Å². The third-order valence-corrected chi connectivity index (χ3v) is 4.71. The number of nitrogens with one attached hydrogen (secondary N) is 2. The van der Waals surface area contributed by atoms with Crippen LogP contribution in [0.15, 0.2) is 47.8 Å². The lowest BCUT2D eigenvalue weighted by Gasteiger charge is -2.08. The van der Waals surface area contributed by atoms with E-state index in [0.29, 0.717) is 15.7 Å². The summed E-state index contributed by atoms with van der Waals surface area (Å²) in [5.41, 5.74) is 3.48. The maximum absolute atomic E-state index is 12.4. The molecule has 2 amide bonds. The van der Waals surface area contributed by atoms with Crippen molar-refractivity contribution in [3.63, 3.8) is 0 Å². The molecule has 5 nitrogen and oxygen atoms in total. The summed E-state index contributed by atoms with van der Waals surface area (Å²) in [6.45, 7) is 3.89. The smallest absolute Gasteiger partial charge is 0.275 e. The molecule has 7 heteroatoms. The lowest BCUT2D eigenvalue weighted by atomic mass is 10.1. The van der Waals surface area contributed by atoms with Crippen molar-refractivity contribution in [1.29, 1.82) is 0 Å². The van der Waals surface area contributed by atoms with Crippen molar-refractivity contribution in [3.05, 3.63) is 75.3 Å². The first-order chi connectivity index (χ1) is 12.4. The van der Waals surface area contributed by atoms with Gasteiger partial charge in [0.15, 0.2) is 5.13 Å². The highest BCUT2D eigenvalue weighted by Crippen LogP contribution is 2.20. The number of thiazole rings is 1. The molecule has 3 rings (SSSR count). The van der Waals surface area contributed by atoms with Gasteiger partial charge in [0.05, 0.1) is 0 Å². The zero-order valence-corrected chi connectivity index (χ0v) is 15.7. The molecule has 0 bridgehead atoms. The number of amides is 2. The van der Waals surface area contributed by atoms with Crippen molar-refractivity contribution in [2.45, 2.75) is 13.8 Å². The summed E-state index contributed by atoms with van der Waals surface area (Å²) in [7, 11) is 0. The molecule has 0 saturated heterocycles. The summed E-state index contributed by atoms with van der Waals surface area (Å²) < 4.78 is 0. The fourth-order valence-electron chi connectivity index (χ4n) is 2.26. The molecule has 1 aromatic heterocycles. The van der Waals surface area contributed by atoms with Crippen molar-refractivity contribution >= 4 is 45.6 Å². The maximum Gasteiger partial charge on any atom is 0.275 e. The second-order valence-corrected chi connectivity index (χ2v) is 7.07. The van der Waals surface area contributed by atoms with Crippen LogP contribution in [0.25, 0.3) is 0 Å². The van der Waals surface area contributed by atoms with Gasteiger partial charge in [-0.1, -0.05) is 23.7 Å². The van der Waals surface area contributed by atoms with Crippen LogP contribution in [-0.2, 0) is 0 Å². The average Bonchev–Trinajstić information content (AvgIpc) is 3.07. The topological polar surface area (TPSA) is 71.1 Å². The van der Waals surface area contributed by atoms with Gasteiger partial charge in [-0.25, -0.2) is 4.98 Å². The highest BCUT2D eigenvalue weighted by molar-refractivity contribution is 7.14. The molecule has 132 valence electrons. The van der Waals surface area contributed by atoms with Crippen molar-refractivity contribution in [1.82, 2.24) is 4.98 Å². The number of rotatable bonds is 4. The first-order valence-electron chi connectivity index (χ1n) is 7.83. The molecule has 0 unspecified atom stereocenters. The number of carbonyl (C=O) groups is 2. The second kappa shape index (κ2) is 7.68. The lowest BCUT2D eigenvalue weighted by molar-refractivity contribution is 0.101. The van der Waals surface area contributed by atoms with E-state index in [0.717, 1.165) is 16.8 Å². The number of aromatic nitrogens is 1. The average molecular weight is 386 g/mol. The van der Waals surface area contributed by atoms with Gasteiger partial charge in [0.1, 0.15) is 5.69 Å². The minimum atomic E-state index is -0.318. The molecule has 2 N–H and O–H groups in total. The predicted molar refractivity (Wildman–Crippen MR) is 105 cm³/mol. The third kappa shape index (κ3) is 4.28. The number of benzene rings is 2. The van der Waals surface area contributed by atoms with Gasteiger partial charge >= 0.3 is 0 Å². The third-order valence-electron chi connectivity index (χ3n) is 3.70. The molecular weight excluding hydrogens is 370 g/mol. The van der Waals surface area contributed by atoms with Gasteiger partial charge in [0.25, 0.3) is 11.8 Å². The quantitative estimate of drug-likeness (QED) is 0.669. The highest BCUT2D eigenvalue weighted by Gasteiger charge is 2.14. The molecule has 0 spiro atoms. The Labute approximate surface area is 160 Å². The van der Waals surface area contributed by atoms with Crippen LogP contribution in [0, 0.1) is 13.8 Å². The van der Waals surface area contributed by atoms with E-state index in [1.165, 1.54) is 11.3 Å². The Bertz CT molecular complexity index is 967. The summed E-state index contributed by atoms with van der Waals surface area (Å²) in [4.78, 5) is 28.8. The number of nitrogens with zero attached hydrogens (tertiary/aromatic N) is 1. The zero-order valence-electron chi connectivity index (χ0n) is 14.2. The van der Waals surface area contributed by atoms with Crippen molar-refractivity contribution in [2.75, 3.05) is 10.6 Å². The largest absolute Gasteiger partial charge is 0.320 e. The van der Waals surface area contributed by atoms with Crippen LogP contribution >= 0.6 is 22.9 Å². The van der Waals surface area contributed by atoms with Gasteiger partial charge in [-0.05, 0) is 55.3 Å². The number of anilines is 2. The molecule has 0 aliphatic heterocycles. The van der Waals surface area contributed by atoms with E-state index in [4.69, 9.17) is 11.6 Å². The Kier molecular flexibility index (Phi) is 5.35. The summed E-state index contributed by atoms with van der Waals surface area (Å²) in [6, 6.07) is 12.4. The van der Waals surface area contributed by atoms with Crippen molar-refractivity contribution < 1.29 is 9.59 Å². The standard InChI is InChI=1S/C19H16ClN3O2S/c1-11-3-4-12(2)15(9-11)21-18(25)16-10-26-19(22-16)23-17(24)13-5-7-14(20)8-6-13/h3-10H,1-2H3,(H,21,25)(H,22,23,24). The molecule has 26 heavy (non-hydrogen) atoms. The fraction of sp³-hybridized carbons (Fsp3) is 0.105. The van der Waals surface area contributed by atoms with Gasteiger partial charge in [-0.15, -0.1) is 11.3 Å². The van der Waals surface area contributed by atoms with Crippen LogP contribution in [0.5, 0.6) is 0 Å². The summed E-state index contributed by atoms with van der Waals surface area (Å²) in [6.07, 6.45) is 0. The van der Waals surface area contributed by atoms with E-state index >= 15 is 0 Å². The van der Waals surface area contributed by atoms with E-state index in [9.17, 15) is 9.59 Å². The van der Waals surface area contributed by atoms with Crippen molar-refractivity contribution in [3.8, 4) is 0 Å². The Morgan fingerprint density at radius 3 is 2.46 bits per heavy atom. The molecule has 0 saturated carbocycles. The normalized spacial score (nSPS) is 10.4. The molecule has 1 heterocycles. The van der Waals surface area contributed by atoms with E-state index in [1.54, 1.807) is 29.6 Å². The van der Waals surface area contributed by atoms with E-state index in [-0.39, 0.29) is 17.5 Å². The highest BCUT2D eigenvalue weighted by atomic mass is 35.5. The van der Waals surface area contributed by atoms with Gasteiger partial charge in [-0.3, -0.25) is 14.9 Å². The van der Waals surface area contributed by atoms with Crippen LogP contribution in [0.2, 0.25) is 5.02 Å². The zero-order chi connectivity index (χ0) is 18.7. The second-order valence-electron chi connectivity index (χ2n) is 5.77.